The van der Waals surface area contributed by atoms with Crippen LogP contribution in [0.4, 0.5) is 5.69 Å². The summed E-state index contributed by atoms with van der Waals surface area (Å²) in [4.78, 5) is 2.13. The van der Waals surface area contributed by atoms with Crippen LogP contribution in [0.15, 0.2) is 48.5 Å². The van der Waals surface area contributed by atoms with E-state index in [1.165, 1.54) is 0 Å². The van der Waals surface area contributed by atoms with Crippen LogP contribution < -0.4 is 14.4 Å². The maximum atomic E-state index is 6.57. The molecule has 0 amide bonds. The Kier molecular flexibility index (Phi) is 5.34. The van der Waals surface area contributed by atoms with Crippen LogP contribution in [0.3, 0.4) is 0 Å². The summed E-state index contributed by atoms with van der Waals surface area (Å²) < 4.78 is 10.6. The molecule has 0 heterocycles. The van der Waals surface area contributed by atoms with Gasteiger partial charge in [-0.25, -0.2) is 0 Å². The molecule has 0 saturated heterocycles. The Hall–Kier alpha value is -1.87. The molecule has 21 heavy (non-hydrogen) atoms. The van der Waals surface area contributed by atoms with E-state index in [9.17, 15) is 0 Å². The van der Waals surface area contributed by atoms with Crippen LogP contribution in [-0.4, -0.2) is 27.8 Å². The van der Waals surface area contributed by atoms with Crippen molar-refractivity contribution in [2.45, 2.75) is 5.38 Å². The van der Waals surface area contributed by atoms with Crippen molar-refractivity contribution in [3.63, 3.8) is 0 Å². The quantitative estimate of drug-likeness (QED) is 0.749. The number of alkyl halides is 1. The predicted molar refractivity (Wildman–Crippen MR) is 87.9 cm³/mol. The van der Waals surface area contributed by atoms with E-state index < -0.39 is 0 Å². The van der Waals surface area contributed by atoms with Crippen molar-refractivity contribution < 1.29 is 9.47 Å². The Morgan fingerprint density at radius 1 is 1.05 bits per heavy atom. The lowest BCUT2D eigenvalue weighted by Gasteiger charge is -2.23. The third kappa shape index (κ3) is 3.82. The average molecular weight is 306 g/mol. The highest BCUT2D eigenvalue weighted by molar-refractivity contribution is 6.21. The minimum absolute atomic E-state index is 0.170. The average Bonchev–Trinajstić information content (AvgIpc) is 2.54. The van der Waals surface area contributed by atoms with Gasteiger partial charge in [0, 0.05) is 30.9 Å². The van der Waals surface area contributed by atoms with Crippen LogP contribution in [0.5, 0.6) is 11.5 Å². The lowest BCUT2D eigenvalue weighted by atomic mass is 10.1. The summed E-state index contributed by atoms with van der Waals surface area (Å²) >= 11 is 6.57. The van der Waals surface area contributed by atoms with Crippen LogP contribution in [0, 0.1) is 0 Å². The van der Waals surface area contributed by atoms with Gasteiger partial charge in [0.15, 0.2) is 0 Å². The van der Waals surface area contributed by atoms with Gasteiger partial charge < -0.3 is 14.4 Å². The van der Waals surface area contributed by atoms with Gasteiger partial charge in [-0.05, 0) is 18.2 Å². The third-order valence-corrected chi connectivity index (χ3v) is 3.78. The molecule has 0 N–H and O–H groups in total. The van der Waals surface area contributed by atoms with E-state index in [2.05, 4.69) is 17.0 Å². The molecule has 0 aliphatic heterocycles. The molecule has 112 valence electrons. The number of benzene rings is 2. The molecule has 1 unspecified atom stereocenters. The summed E-state index contributed by atoms with van der Waals surface area (Å²) in [7, 11) is 5.30. The van der Waals surface area contributed by atoms with Crippen molar-refractivity contribution in [3.05, 3.63) is 54.1 Å². The highest BCUT2D eigenvalue weighted by Crippen LogP contribution is 2.33. The van der Waals surface area contributed by atoms with Crippen molar-refractivity contribution in [1.82, 2.24) is 0 Å². The standard InChI is InChI=1S/C17H20ClNO2/c1-19(13-7-5-4-6-8-13)12-16(18)15-10-9-14(20-2)11-17(15)21-3/h4-11,16H,12H2,1-3H3. The SMILES string of the molecule is COc1ccc(C(Cl)CN(C)c2ccccc2)c(OC)c1. The lowest BCUT2D eigenvalue weighted by Crippen LogP contribution is -2.22. The van der Waals surface area contributed by atoms with Gasteiger partial charge in [-0.3, -0.25) is 0 Å². The van der Waals surface area contributed by atoms with Crippen molar-refractivity contribution in [2.24, 2.45) is 0 Å². The third-order valence-electron chi connectivity index (χ3n) is 3.41. The fraction of sp³-hybridized carbons (Fsp3) is 0.294. The molecule has 0 aliphatic carbocycles. The van der Waals surface area contributed by atoms with Crippen LogP contribution in [0.1, 0.15) is 10.9 Å². The van der Waals surface area contributed by atoms with E-state index in [0.29, 0.717) is 6.54 Å². The smallest absolute Gasteiger partial charge is 0.127 e. The van der Waals surface area contributed by atoms with Gasteiger partial charge in [-0.2, -0.15) is 0 Å². The zero-order chi connectivity index (χ0) is 15.2. The maximum absolute atomic E-state index is 6.57. The number of rotatable bonds is 6. The number of hydrogen-bond acceptors (Lipinski definition) is 3. The van der Waals surface area contributed by atoms with Crippen LogP contribution in [0.25, 0.3) is 0 Å². The highest BCUT2D eigenvalue weighted by Gasteiger charge is 2.16. The normalized spacial score (nSPS) is 11.8. The fourth-order valence-electron chi connectivity index (χ4n) is 2.20. The van der Waals surface area contributed by atoms with E-state index in [1.54, 1.807) is 14.2 Å². The van der Waals surface area contributed by atoms with Gasteiger partial charge in [0.25, 0.3) is 0 Å². The Labute approximate surface area is 131 Å². The summed E-state index contributed by atoms with van der Waals surface area (Å²) in [5.74, 6) is 1.51. The number of anilines is 1. The summed E-state index contributed by atoms with van der Waals surface area (Å²) in [6.45, 7) is 0.689. The first-order valence-electron chi connectivity index (χ1n) is 6.78. The molecule has 0 bridgehead atoms. The van der Waals surface area contributed by atoms with Gasteiger partial charge in [-0.1, -0.05) is 24.3 Å². The second kappa shape index (κ2) is 7.23. The van der Waals surface area contributed by atoms with Gasteiger partial charge >= 0.3 is 0 Å². The first kappa shape index (κ1) is 15.5. The number of halogens is 1. The van der Waals surface area contributed by atoms with Gasteiger partial charge in [0.05, 0.1) is 19.6 Å². The fourth-order valence-corrected chi connectivity index (χ4v) is 2.59. The Morgan fingerprint density at radius 3 is 2.38 bits per heavy atom. The Balaban J connectivity index is 2.14. The maximum Gasteiger partial charge on any atom is 0.127 e. The Bertz CT molecular complexity index is 574. The van der Waals surface area contributed by atoms with Crippen LogP contribution in [0.2, 0.25) is 0 Å². The van der Waals surface area contributed by atoms with Gasteiger partial charge in [0.1, 0.15) is 11.5 Å². The molecule has 0 fully saturated rings. The second-order valence-corrected chi connectivity index (χ2v) is 5.32. The zero-order valence-electron chi connectivity index (χ0n) is 12.5. The molecule has 0 spiro atoms. The highest BCUT2D eigenvalue weighted by atomic mass is 35.5. The zero-order valence-corrected chi connectivity index (χ0v) is 13.3. The lowest BCUT2D eigenvalue weighted by molar-refractivity contribution is 0.390. The number of likely N-dealkylation sites (N-methyl/N-ethyl adjacent to an activating group) is 1. The second-order valence-electron chi connectivity index (χ2n) is 4.79. The molecule has 0 radical (unpaired) electrons. The molecular weight excluding hydrogens is 286 g/mol. The van der Waals surface area contributed by atoms with E-state index in [1.807, 2.05) is 43.4 Å². The molecular formula is C17H20ClNO2. The number of para-hydroxylation sites is 1. The predicted octanol–water partition coefficient (Wildman–Crippen LogP) is 4.12. The molecule has 1 atom stereocenters. The van der Waals surface area contributed by atoms with Crippen molar-refractivity contribution >= 4 is 17.3 Å². The number of nitrogens with zero attached hydrogens (tertiary/aromatic N) is 1. The molecule has 2 rings (SSSR count). The summed E-state index contributed by atoms with van der Waals surface area (Å²) in [6, 6.07) is 15.9. The van der Waals surface area contributed by atoms with Crippen LogP contribution in [-0.2, 0) is 0 Å². The van der Waals surface area contributed by atoms with E-state index >= 15 is 0 Å². The minimum Gasteiger partial charge on any atom is -0.497 e. The first-order valence-corrected chi connectivity index (χ1v) is 7.21. The van der Waals surface area contributed by atoms with Crippen LogP contribution >= 0.6 is 11.6 Å². The summed E-state index contributed by atoms with van der Waals surface area (Å²) in [5, 5.41) is -0.170. The summed E-state index contributed by atoms with van der Waals surface area (Å²) in [6.07, 6.45) is 0. The van der Waals surface area contributed by atoms with Gasteiger partial charge in [0.2, 0.25) is 0 Å². The largest absolute Gasteiger partial charge is 0.497 e. The van der Waals surface area contributed by atoms with Crippen molar-refractivity contribution in [3.8, 4) is 11.5 Å². The molecule has 0 saturated carbocycles. The molecule has 2 aromatic rings. The van der Waals surface area contributed by atoms with Gasteiger partial charge in [-0.15, -0.1) is 11.6 Å². The number of methoxy groups -OCH3 is 2. The van der Waals surface area contributed by atoms with Crippen molar-refractivity contribution in [2.75, 3.05) is 32.7 Å². The van der Waals surface area contributed by atoms with E-state index in [0.717, 1.165) is 22.7 Å². The monoisotopic (exact) mass is 305 g/mol. The molecule has 4 heteroatoms. The summed E-state index contributed by atoms with van der Waals surface area (Å²) in [5.41, 5.74) is 2.10. The molecule has 2 aromatic carbocycles. The van der Waals surface area contributed by atoms with E-state index in [-0.39, 0.29) is 5.38 Å². The molecule has 0 aliphatic rings. The number of hydrogen-bond donors (Lipinski definition) is 0. The first-order chi connectivity index (χ1) is 10.2. The number of ether oxygens (including phenoxy) is 2. The minimum atomic E-state index is -0.170. The van der Waals surface area contributed by atoms with E-state index in [4.69, 9.17) is 21.1 Å². The molecule has 0 aromatic heterocycles. The Morgan fingerprint density at radius 2 is 1.76 bits per heavy atom. The van der Waals surface area contributed by atoms with Crippen molar-refractivity contribution in [1.29, 1.82) is 0 Å². The topological polar surface area (TPSA) is 21.7 Å². The molecule has 3 nitrogen and oxygen atoms in total.